The van der Waals surface area contributed by atoms with Crippen molar-refractivity contribution < 1.29 is 14.1 Å². The second-order valence-electron chi connectivity index (χ2n) is 5.19. The molecule has 1 aromatic carbocycles. The molecule has 1 aliphatic heterocycles. The molecule has 10 heteroatoms. The van der Waals surface area contributed by atoms with Crippen molar-refractivity contribution in [2.45, 2.75) is 19.5 Å². The molecule has 1 aromatic heterocycles. The molecule has 2 aromatic rings. The molecule has 0 atom stereocenters. The van der Waals surface area contributed by atoms with Crippen LogP contribution in [0.5, 0.6) is 0 Å². The molecule has 24 heavy (non-hydrogen) atoms. The number of hydrogen-bond donors (Lipinski definition) is 2. The Labute approximate surface area is 142 Å². The Morgan fingerprint density at radius 1 is 1.50 bits per heavy atom. The number of carbonyl (C=O) groups is 1. The highest BCUT2D eigenvalue weighted by Crippen LogP contribution is 2.24. The van der Waals surface area contributed by atoms with Gasteiger partial charge in [0.15, 0.2) is 0 Å². The van der Waals surface area contributed by atoms with E-state index >= 15 is 0 Å². The van der Waals surface area contributed by atoms with Crippen molar-refractivity contribution in [2.24, 2.45) is 0 Å². The number of carbonyl (C=O) groups excluding carboxylic acids is 1. The third-order valence-corrected chi connectivity index (χ3v) is 3.62. The number of anilines is 1. The first kappa shape index (κ1) is 17.8. The zero-order valence-corrected chi connectivity index (χ0v) is 13.3. The summed E-state index contributed by atoms with van der Waals surface area (Å²) in [5.74, 6) is -0.931. The first-order chi connectivity index (χ1) is 11.0. The normalized spacial score (nSPS) is 12.9. The lowest BCUT2D eigenvalue weighted by atomic mass is 9.99. The van der Waals surface area contributed by atoms with Gasteiger partial charge in [-0.15, -0.1) is 12.4 Å². The molecule has 1 amide bonds. The maximum atomic E-state index is 14.4. The molecule has 0 spiro atoms. The summed E-state index contributed by atoms with van der Waals surface area (Å²) in [5.41, 5.74) is 1.40. The summed E-state index contributed by atoms with van der Waals surface area (Å²) >= 11 is 0. The van der Waals surface area contributed by atoms with Gasteiger partial charge in [-0.1, -0.05) is 6.07 Å². The monoisotopic (exact) mass is 355 g/mol. The van der Waals surface area contributed by atoms with Crippen LogP contribution in [0.2, 0.25) is 0 Å². The fourth-order valence-electron chi connectivity index (χ4n) is 2.50. The Morgan fingerprint density at radius 3 is 3.00 bits per heavy atom. The molecule has 2 heterocycles. The van der Waals surface area contributed by atoms with Crippen LogP contribution in [0.3, 0.4) is 0 Å². The summed E-state index contributed by atoms with van der Waals surface area (Å²) in [5, 5.41) is 19.9. The van der Waals surface area contributed by atoms with Gasteiger partial charge in [-0.3, -0.25) is 19.6 Å². The summed E-state index contributed by atoms with van der Waals surface area (Å²) in [4.78, 5) is 21.9. The lowest BCUT2D eigenvalue weighted by molar-refractivity contribution is -0.385. The van der Waals surface area contributed by atoms with Crippen LogP contribution in [0.15, 0.2) is 24.5 Å². The van der Waals surface area contributed by atoms with E-state index in [-0.39, 0.29) is 30.3 Å². The topological polar surface area (TPSA) is 102 Å². The van der Waals surface area contributed by atoms with E-state index in [9.17, 15) is 19.3 Å². The number of fused-ring (bicyclic) bond motifs is 1. The molecular weight excluding hydrogens is 341 g/mol. The Morgan fingerprint density at radius 2 is 2.29 bits per heavy atom. The third kappa shape index (κ3) is 3.69. The summed E-state index contributed by atoms with van der Waals surface area (Å²) in [7, 11) is 0. The number of halogens is 2. The molecule has 0 fully saturated rings. The fourth-order valence-corrected chi connectivity index (χ4v) is 2.50. The smallest absolute Gasteiger partial charge is 0.307 e. The Balaban J connectivity index is 0.00000208. The Kier molecular flexibility index (Phi) is 5.47. The quantitative estimate of drug-likeness (QED) is 0.641. The number of nitro groups is 1. The summed E-state index contributed by atoms with van der Waals surface area (Å²) in [6.07, 6.45) is 2.77. The minimum Gasteiger partial charge on any atom is -0.322 e. The van der Waals surface area contributed by atoms with Crippen LogP contribution in [-0.2, 0) is 24.3 Å². The van der Waals surface area contributed by atoms with Crippen LogP contribution in [0.1, 0.15) is 11.1 Å². The van der Waals surface area contributed by atoms with Crippen LogP contribution >= 0.6 is 12.4 Å². The molecule has 1 aliphatic rings. The van der Waals surface area contributed by atoms with Crippen molar-refractivity contribution in [3.63, 3.8) is 0 Å². The number of rotatable bonds is 4. The van der Waals surface area contributed by atoms with Crippen molar-refractivity contribution >= 4 is 29.7 Å². The Bertz CT molecular complexity index is 780. The summed E-state index contributed by atoms with van der Waals surface area (Å²) in [6.45, 7) is 1.07. The van der Waals surface area contributed by atoms with Crippen molar-refractivity contribution in [3.8, 4) is 0 Å². The molecule has 2 N–H and O–H groups in total. The number of benzene rings is 1. The first-order valence-corrected chi connectivity index (χ1v) is 7.02. The van der Waals surface area contributed by atoms with E-state index in [1.165, 1.54) is 6.07 Å². The van der Waals surface area contributed by atoms with Gasteiger partial charge in [0.25, 0.3) is 0 Å². The van der Waals surface area contributed by atoms with Gasteiger partial charge in [-0.2, -0.15) is 5.10 Å². The second-order valence-corrected chi connectivity index (χ2v) is 5.19. The summed E-state index contributed by atoms with van der Waals surface area (Å²) in [6, 6.07) is 3.30. The number of hydrogen-bond acceptors (Lipinski definition) is 5. The average molecular weight is 356 g/mol. The molecule has 8 nitrogen and oxygen atoms in total. The average Bonchev–Trinajstić information content (AvgIpc) is 2.99. The van der Waals surface area contributed by atoms with Crippen LogP contribution in [0.4, 0.5) is 15.8 Å². The zero-order valence-electron chi connectivity index (χ0n) is 12.5. The lowest BCUT2D eigenvalue weighted by Gasteiger charge is -2.19. The zero-order chi connectivity index (χ0) is 16.4. The van der Waals surface area contributed by atoms with Crippen LogP contribution in [-0.4, -0.2) is 27.2 Å². The van der Waals surface area contributed by atoms with Gasteiger partial charge in [0.2, 0.25) is 5.91 Å². The van der Waals surface area contributed by atoms with E-state index in [0.717, 1.165) is 22.6 Å². The SMILES string of the molecule is Cl.O=C(Cn1cc([N+](=O)[O-])cn1)Nc1ccc2c(c1F)CCNC2. The van der Waals surface area contributed by atoms with E-state index in [4.69, 9.17) is 0 Å². The highest BCUT2D eigenvalue weighted by Gasteiger charge is 2.18. The van der Waals surface area contributed by atoms with E-state index < -0.39 is 16.6 Å². The molecule has 0 bridgehead atoms. The maximum absolute atomic E-state index is 14.4. The molecule has 0 aliphatic carbocycles. The molecule has 0 saturated carbocycles. The van der Waals surface area contributed by atoms with Gasteiger partial charge in [-0.05, 0) is 30.2 Å². The molecular formula is C14H15ClFN5O3. The molecule has 0 unspecified atom stereocenters. The number of nitrogens with one attached hydrogen (secondary N) is 2. The van der Waals surface area contributed by atoms with E-state index in [2.05, 4.69) is 15.7 Å². The van der Waals surface area contributed by atoms with E-state index in [0.29, 0.717) is 25.1 Å². The molecule has 0 saturated heterocycles. The number of amides is 1. The minimum atomic E-state index is -0.599. The van der Waals surface area contributed by atoms with Crippen LogP contribution in [0.25, 0.3) is 0 Å². The van der Waals surface area contributed by atoms with Gasteiger partial charge < -0.3 is 10.6 Å². The highest BCUT2D eigenvalue weighted by molar-refractivity contribution is 5.90. The largest absolute Gasteiger partial charge is 0.322 e. The first-order valence-electron chi connectivity index (χ1n) is 7.02. The number of nitrogens with zero attached hydrogens (tertiary/aromatic N) is 3. The van der Waals surface area contributed by atoms with Crippen molar-refractivity contribution in [3.05, 3.63) is 51.6 Å². The molecule has 3 rings (SSSR count). The van der Waals surface area contributed by atoms with Crippen molar-refractivity contribution in [1.82, 2.24) is 15.1 Å². The van der Waals surface area contributed by atoms with Crippen LogP contribution < -0.4 is 10.6 Å². The van der Waals surface area contributed by atoms with Gasteiger partial charge >= 0.3 is 5.69 Å². The third-order valence-electron chi connectivity index (χ3n) is 3.62. The second kappa shape index (κ2) is 7.37. The minimum absolute atomic E-state index is 0. The van der Waals surface area contributed by atoms with Gasteiger partial charge in [-0.25, -0.2) is 4.39 Å². The van der Waals surface area contributed by atoms with E-state index in [1.54, 1.807) is 6.07 Å². The van der Waals surface area contributed by atoms with Gasteiger partial charge in [0, 0.05) is 6.54 Å². The summed E-state index contributed by atoms with van der Waals surface area (Å²) < 4.78 is 15.5. The van der Waals surface area contributed by atoms with Gasteiger partial charge in [0.1, 0.15) is 24.8 Å². The maximum Gasteiger partial charge on any atom is 0.307 e. The molecule has 0 radical (unpaired) electrons. The molecule has 128 valence electrons. The number of aromatic nitrogens is 2. The lowest BCUT2D eigenvalue weighted by Crippen LogP contribution is -2.25. The highest BCUT2D eigenvalue weighted by atomic mass is 35.5. The van der Waals surface area contributed by atoms with Crippen molar-refractivity contribution in [1.29, 1.82) is 0 Å². The van der Waals surface area contributed by atoms with Gasteiger partial charge in [0.05, 0.1) is 10.6 Å². The van der Waals surface area contributed by atoms with E-state index in [1.807, 2.05) is 0 Å². The predicted octanol–water partition coefficient (Wildman–Crippen LogP) is 1.64. The van der Waals surface area contributed by atoms with Crippen molar-refractivity contribution in [2.75, 3.05) is 11.9 Å². The Hall–Kier alpha value is -2.52. The predicted molar refractivity (Wildman–Crippen MR) is 86.6 cm³/mol. The fraction of sp³-hybridized carbons (Fsp3) is 0.286. The van der Waals surface area contributed by atoms with Crippen LogP contribution in [0, 0.1) is 15.9 Å². The standard InChI is InChI=1S/C14H14FN5O3.ClH/c15-14-11-3-4-16-5-9(11)1-2-12(14)18-13(21)8-19-7-10(6-17-19)20(22)23;/h1-2,6-7,16H,3-5,8H2,(H,18,21);1H.